The normalized spacial score (nSPS) is 12.6. The maximum Gasteiger partial charge on any atom is 0.339 e. The van der Waals surface area contributed by atoms with Crippen LogP contribution in [0.25, 0.3) is 0 Å². The van der Waals surface area contributed by atoms with Crippen LogP contribution in [-0.2, 0) is 0 Å². The molecule has 0 aromatic carbocycles. The molecule has 0 aliphatic heterocycles. The fourth-order valence-electron chi connectivity index (χ4n) is 1.00. The van der Waals surface area contributed by atoms with Gasteiger partial charge in [0.15, 0.2) is 0 Å². The second kappa shape index (κ2) is 5.38. The average molecular weight is 260 g/mol. The first-order chi connectivity index (χ1) is 7.94. The van der Waals surface area contributed by atoms with Crippen molar-refractivity contribution in [2.75, 3.05) is 0 Å². The second-order valence-electron chi connectivity index (χ2n) is 4.11. The van der Waals surface area contributed by atoms with Crippen molar-refractivity contribution in [2.24, 2.45) is 0 Å². The van der Waals surface area contributed by atoms with Gasteiger partial charge < -0.3 is 0 Å². The van der Waals surface area contributed by atoms with Gasteiger partial charge >= 0.3 is 11.8 Å². The highest BCUT2D eigenvalue weighted by Crippen LogP contribution is 2.45. The van der Waals surface area contributed by atoms with Crippen molar-refractivity contribution >= 4 is 0 Å². The summed E-state index contributed by atoms with van der Waals surface area (Å²) in [5, 5.41) is 0. The Morgan fingerprint density at radius 1 is 0.833 bits per heavy atom. The fourth-order valence-corrected chi connectivity index (χ4v) is 1.00. The Balaban J connectivity index is 5.27. The Hall–Kier alpha value is -1.58. The number of hydrogen-bond acceptors (Lipinski definition) is 0. The molecule has 0 atom stereocenters. The van der Waals surface area contributed by atoms with E-state index in [4.69, 9.17) is 0 Å². The second-order valence-corrected chi connectivity index (χ2v) is 4.11. The number of halogens is 4. The van der Waals surface area contributed by atoms with Crippen LogP contribution in [0.5, 0.6) is 0 Å². The standard InChI is InChI=1S/C14H16F4/c1-9(2)7-8-11(5)12(6)14(17,18)13(15,16)10(3)4/h7-8H,1,3,5-6H2,2,4H3/b8-7-. The third-order valence-corrected chi connectivity index (χ3v) is 2.27. The first kappa shape index (κ1) is 16.4. The van der Waals surface area contributed by atoms with Gasteiger partial charge in [-0.3, -0.25) is 0 Å². The molecular weight excluding hydrogens is 244 g/mol. The zero-order valence-corrected chi connectivity index (χ0v) is 10.5. The predicted octanol–water partition coefficient (Wildman–Crippen LogP) is 5.08. The van der Waals surface area contributed by atoms with Gasteiger partial charge in [-0.15, -0.1) is 0 Å². The number of hydrogen-bond donors (Lipinski definition) is 0. The van der Waals surface area contributed by atoms with Gasteiger partial charge in [0.25, 0.3) is 0 Å². The van der Waals surface area contributed by atoms with Crippen molar-refractivity contribution in [3.05, 3.63) is 60.8 Å². The molecule has 0 amide bonds. The SMILES string of the molecule is C=C(C)/C=C\C(=C)C(=C)C(F)(F)C(F)(F)C(=C)C. The fraction of sp³-hybridized carbons (Fsp3) is 0.286. The molecule has 0 fully saturated rings. The summed E-state index contributed by atoms with van der Waals surface area (Å²) < 4.78 is 53.9. The van der Waals surface area contributed by atoms with Crippen molar-refractivity contribution in [2.45, 2.75) is 25.7 Å². The van der Waals surface area contributed by atoms with E-state index in [0.29, 0.717) is 5.57 Å². The molecule has 4 heteroatoms. The monoisotopic (exact) mass is 260 g/mol. The Kier molecular flexibility index (Phi) is 4.90. The summed E-state index contributed by atoms with van der Waals surface area (Å²) in [4.78, 5) is 0. The summed E-state index contributed by atoms with van der Waals surface area (Å²) in [7, 11) is 0. The zero-order chi connectivity index (χ0) is 14.7. The summed E-state index contributed by atoms with van der Waals surface area (Å²) in [5.41, 5.74) is -1.65. The lowest BCUT2D eigenvalue weighted by molar-refractivity contribution is -0.159. The highest BCUT2D eigenvalue weighted by molar-refractivity contribution is 5.44. The van der Waals surface area contributed by atoms with Crippen molar-refractivity contribution in [1.29, 1.82) is 0 Å². The molecule has 0 aromatic rings. The molecular formula is C14H16F4. The lowest BCUT2D eigenvalue weighted by Gasteiger charge is -2.28. The lowest BCUT2D eigenvalue weighted by Crippen LogP contribution is -2.42. The molecule has 0 saturated heterocycles. The molecule has 0 nitrogen and oxygen atoms in total. The summed E-state index contributed by atoms with van der Waals surface area (Å²) >= 11 is 0. The molecule has 0 radical (unpaired) electrons. The van der Waals surface area contributed by atoms with Crippen molar-refractivity contribution < 1.29 is 17.6 Å². The van der Waals surface area contributed by atoms with Gasteiger partial charge in [-0.1, -0.05) is 44.0 Å². The van der Waals surface area contributed by atoms with Crippen LogP contribution in [0.1, 0.15) is 13.8 Å². The van der Waals surface area contributed by atoms with Crippen LogP contribution in [0.4, 0.5) is 17.6 Å². The van der Waals surface area contributed by atoms with E-state index in [0.717, 1.165) is 6.92 Å². The minimum Gasteiger partial charge on any atom is -0.194 e. The minimum atomic E-state index is -4.42. The molecule has 0 spiro atoms. The van der Waals surface area contributed by atoms with E-state index in [1.165, 1.54) is 12.2 Å². The third kappa shape index (κ3) is 3.22. The van der Waals surface area contributed by atoms with Crippen LogP contribution in [0.15, 0.2) is 60.8 Å². The van der Waals surface area contributed by atoms with Gasteiger partial charge in [0, 0.05) is 5.57 Å². The van der Waals surface area contributed by atoms with Gasteiger partial charge in [-0.05, 0) is 25.0 Å². The number of rotatable bonds is 6. The molecule has 0 heterocycles. The summed E-state index contributed by atoms with van der Waals surface area (Å²) in [6.07, 6.45) is 2.57. The van der Waals surface area contributed by atoms with Gasteiger partial charge in [0.2, 0.25) is 0 Å². The highest BCUT2D eigenvalue weighted by Gasteiger charge is 2.58. The van der Waals surface area contributed by atoms with Gasteiger partial charge in [0.05, 0.1) is 0 Å². The molecule has 0 N–H and O–H groups in total. The molecule has 18 heavy (non-hydrogen) atoms. The van der Waals surface area contributed by atoms with E-state index in [-0.39, 0.29) is 5.57 Å². The largest absolute Gasteiger partial charge is 0.339 e. The van der Waals surface area contributed by atoms with Crippen LogP contribution in [-0.4, -0.2) is 11.8 Å². The summed E-state index contributed by atoms with van der Waals surface area (Å²) in [6, 6.07) is 0. The maximum atomic E-state index is 13.6. The van der Waals surface area contributed by atoms with Gasteiger partial charge in [0.1, 0.15) is 0 Å². The lowest BCUT2D eigenvalue weighted by atomic mass is 9.93. The molecule has 0 bridgehead atoms. The van der Waals surface area contributed by atoms with Gasteiger partial charge in [-0.2, -0.15) is 17.6 Å². The van der Waals surface area contributed by atoms with Crippen molar-refractivity contribution in [1.82, 2.24) is 0 Å². The van der Waals surface area contributed by atoms with E-state index in [2.05, 4.69) is 26.3 Å². The number of alkyl halides is 4. The molecule has 0 aromatic heterocycles. The Labute approximate surface area is 105 Å². The van der Waals surface area contributed by atoms with E-state index in [9.17, 15) is 17.6 Å². The Morgan fingerprint density at radius 2 is 1.28 bits per heavy atom. The topological polar surface area (TPSA) is 0 Å². The van der Waals surface area contributed by atoms with Crippen molar-refractivity contribution in [3.8, 4) is 0 Å². The smallest absolute Gasteiger partial charge is 0.194 e. The van der Waals surface area contributed by atoms with Crippen molar-refractivity contribution in [3.63, 3.8) is 0 Å². The maximum absolute atomic E-state index is 13.6. The van der Waals surface area contributed by atoms with E-state index < -0.39 is 23.0 Å². The molecule has 0 aliphatic rings. The van der Waals surface area contributed by atoms with E-state index in [1.807, 2.05) is 0 Å². The highest BCUT2D eigenvalue weighted by atomic mass is 19.3. The van der Waals surface area contributed by atoms with Crippen LogP contribution >= 0.6 is 0 Å². The van der Waals surface area contributed by atoms with Gasteiger partial charge in [-0.25, -0.2) is 0 Å². The first-order valence-electron chi connectivity index (χ1n) is 5.08. The molecule has 0 unspecified atom stereocenters. The van der Waals surface area contributed by atoms with Crippen LogP contribution in [0.3, 0.4) is 0 Å². The molecule has 0 saturated carbocycles. The predicted molar refractivity (Wildman–Crippen MR) is 66.9 cm³/mol. The third-order valence-electron chi connectivity index (χ3n) is 2.27. The van der Waals surface area contributed by atoms with E-state index in [1.54, 1.807) is 6.92 Å². The molecule has 0 rings (SSSR count). The average Bonchev–Trinajstić information content (AvgIpc) is 2.23. The zero-order valence-electron chi connectivity index (χ0n) is 10.5. The summed E-state index contributed by atoms with van der Waals surface area (Å²) in [5.74, 6) is -8.78. The summed E-state index contributed by atoms with van der Waals surface area (Å²) in [6.45, 7) is 15.2. The quantitative estimate of drug-likeness (QED) is 0.355. The van der Waals surface area contributed by atoms with E-state index >= 15 is 0 Å². The Bertz CT molecular complexity index is 425. The Morgan fingerprint density at radius 3 is 1.61 bits per heavy atom. The van der Waals surface area contributed by atoms with Crippen LogP contribution in [0, 0.1) is 0 Å². The minimum absolute atomic E-state index is 0.274. The van der Waals surface area contributed by atoms with Crippen LogP contribution < -0.4 is 0 Å². The van der Waals surface area contributed by atoms with Crippen LogP contribution in [0.2, 0.25) is 0 Å². The first-order valence-corrected chi connectivity index (χ1v) is 5.08. The number of allylic oxidation sites excluding steroid dienone is 6. The molecule has 100 valence electrons. The molecule has 0 aliphatic carbocycles.